The second kappa shape index (κ2) is 2.13. The maximum absolute atomic E-state index is 10.4. The van der Waals surface area contributed by atoms with E-state index in [1.54, 1.807) is 0 Å². The number of ether oxygens (including phenoxy) is 1. The Hall–Kier alpha value is -0.570. The van der Waals surface area contributed by atoms with Crippen LogP contribution < -0.4 is 0 Å². The first-order chi connectivity index (χ1) is 3.84. The topological polar surface area (TPSA) is 38.7 Å². The summed E-state index contributed by atoms with van der Waals surface area (Å²) in [6, 6.07) is 0. The first-order valence-corrected chi connectivity index (χ1v) is 2.59. The summed E-state index contributed by atoms with van der Waals surface area (Å²) in [6.45, 7) is 0. The number of rotatable bonds is 1. The van der Waals surface area contributed by atoms with Crippen LogP contribution in [0.2, 0.25) is 0 Å². The highest BCUT2D eigenvalue weighted by Gasteiger charge is 2.09. The molecule has 1 atom stereocenters. The van der Waals surface area contributed by atoms with Gasteiger partial charge in [-0.3, -0.25) is 0 Å². The van der Waals surface area contributed by atoms with Crippen molar-refractivity contribution in [2.75, 3.05) is 5.88 Å². The molecule has 0 radical (unpaired) electrons. The zero-order valence-electron chi connectivity index (χ0n) is 3.93. The average molecular weight is 133 g/mol. The molecule has 0 aromatic rings. The van der Waals surface area contributed by atoms with Crippen molar-refractivity contribution in [1.29, 1.82) is 0 Å². The second-order valence-corrected chi connectivity index (χ2v) is 1.61. The third kappa shape index (κ3) is 0.816. The van der Waals surface area contributed by atoms with Crippen molar-refractivity contribution in [1.82, 2.24) is 0 Å². The molecule has 0 saturated heterocycles. The number of alkyl halides is 1. The van der Waals surface area contributed by atoms with E-state index in [1.165, 1.54) is 0 Å². The fourth-order valence-corrected chi connectivity index (χ4v) is 0.550. The van der Waals surface area contributed by atoms with E-state index in [4.69, 9.17) is 11.6 Å². The minimum Gasteiger partial charge on any atom is -0.577 e. The summed E-state index contributed by atoms with van der Waals surface area (Å²) in [6.07, 6.45) is 1.48. The molecular weight excluding hydrogens is 130 g/mol. The van der Waals surface area contributed by atoms with Gasteiger partial charge in [0.2, 0.25) is 0 Å². The number of hydrogen-bond donors (Lipinski definition) is 0. The zero-order chi connectivity index (χ0) is 5.98. The molecule has 1 rings (SSSR count). The number of nitrogens with zero attached hydrogens (tertiary/aromatic N) is 1. The van der Waals surface area contributed by atoms with Gasteiger partial charge in [-0.2, -0.15) is 0 Å². The Kier molecular flexibility index (Phi) is 1.48. The van der Waals surface area contributed by atoms with Crippen molar-refractivity contribution >= 4 is 23.9 Å². The molecule has 4 heteroatoms. The van der Waals surface area contributed by atoms with E-state index in [-0.39, 0.29) is 11.8 Å². The van der Waals surface area contributed by atoms with E-state index < -0.39 is 6.10 Å². The van der Waals surface area contributed by atoms with E-state index in [0.29, 0.717) is 0 Å². The van der Waals surface area contributed by atoms with Crippen LogP contribution in [0, 0.1) is 0 Å². The molecule has 8 heavy (non-hydrogen) atoms. The van der Waals surface area contributed by atoms with Gasteiger partial charge in [-0.1, -0.05) is 0 Å². The summed E-state index contributed by atoms with van der Waals surface area (Å²) in [5.74, 6) is -0.199. The molecule has 0 aliphatic carbocycles. The van der Waals surface area contributed by atoms with Gasteiger partial charge in [0.25, 0.3) is 0 Å². The van der Waals surface area contributed by atoms with Crippen LogP contribution in [0.1, 0.15) is 0 Å². The van der Waals surface area contributed by atoms with Crippen molar-refractivity contribution in [2.45, 2.75) is 6.10 Å². The monoisotopic (exact) mass is 132 g/mol. The van der Waals surface area contributed by atoms with Gasteiger partial charge in [-0.25, -0.2) is 0 Å². The molecule has 0 unspecified atom stereocenters. The summed E-state index contributed by atoms with van der Waals surface area (Å²) in [4.78, 5) is 13.6. The van der Waals surface area contributed by atoms with Gasteiger partial charge in [-0.15, -0.1) is 11.6 Å². The molecule has 1 heterocycles. The number of halogens is 1. The highest BCUT2D eigenvalue weighted by Crippen LogP contribution is 2.01. The Balaban J connectivity index is 2.51. The number of carbonyl (C=O) groups excluding carboxylic acids is 1. The second-order valence-electron chi connectivity index (χ2n) is 1.30. The van der Waals surface area contributed by atoms with Crippen LogP contribution in [0.25, 0.3) is 0 Å². The first kappa shape index (κ1) is 5.56. The average Bonchev–Trinajstić information content (AvgIpc) is 2.14. The summed E-state index contributed by atoms with van der Waals surface area (Å²) in [5.41, 5.74) is 0. The Morgan fingerprint density at radius 2 is 2.75 bits per heavy atom. The smallest absolute Gasteiger partial charge is 0.129 e. The van der Waals surface area contributed by atoms with E-state index >= 15 is 0 Å². The van der Waals surface area contributed by atoms with Crippen molar-refractivity contribution < 1.29 is 9.53 Å². The van der Waals surface area contributed by atoms with E-state index in [2.05, 4.69) is 16.1 Å². The molecule has 3 nitrogen and oxygen atoms in total. The fraction of sp³-hybridized carbons (Fsp3) is 0.500. The lowest BCUT2D eigenvalue weighted by molar-refractivity contribution is -0.121. The van der Waals surface area contributed by atoms with Crippen LogP contribution >= 0.6 is 11.6 Å². The van der Waals surface area contributed by atoms with Crippen LogP contribution in [-0.2, 0) is 9.53 Å². The lowest BCUT2D eigenvalue weighted by atomic mass is 10.4. The molecule has 0 aromatic heterocycles. The lowest BCUT2D eigenvalue weighted by Crippen LogP contribution is -2.17. The molecule has 44 valence electrons. The molecule has 0 saturated carbocycles. The van der Waals surface area contributed by atoms with Crippen molar-refractivity contribution in [3.63, 3.8) is 0 Å². The minimum atomic E-state index is -0.586. The van der Waals surface area contributed by atoms with Gasteiger partial charge in [0.05, 0.1) is 0 Å². The van der Waals surface area contributed by atoms with Gasteiger partial charge in [-0.05, 0) is 0 Å². The van der Waals surface area contributed by atoms with Crippen LogP contribution in [-0.4, -0.2) is 24.3 Å². The zero-order valence-corrected chi connectivity index (χ0v) is 4.68. The molecular formula is C4H3ClNO2-. The number of aliphatic imine (C=N–C) groups is 1. The molecule has 1 aliphatic rings. The molecule has 0 N–H and O–H groups in total. The predicted octanol–water partition coefficient (Wildman–Crippen LogP) is 0.0559. The van der Waals surface area contributed by atoms with Gasteiger partial charge >= 0.3 is 0 Å². The van der Waals surface area contributed by atoms with E-state index in [9.17, 15) is 4.79 Å². The summed E-state index contributed by atoms with van der Waals surface area (Å²) < 4.78 is 4.52. The highest BCUT2D eigenvalue weighted by atomic mass is 35.5. The maximum Gasteiger partial charge on any atom is 0.129 e. The van der Waals surface area contributed by atoms with Crippen molar-refractivity contribution in [3.8, 4) is 0 Å². The Morgan fingerprint density at radius 3 is 3.00 bits per heavy atom. The van der Waals surface area contributed by atoms with Crippen LogP contribution in [0.15, 0.2) is 4.99 Å². The quantitative estimate of drug-likeness (QED) is 0.374. The Morgan fingerprint density at radius 1 is 2.00 bits per heavy atom. The Bertz CT molecular complexity index is 134. The summed E-state index contributed by atoms with van der Waals surface area (Å²) in [5, 5.41) is 0. The molecule has 1 amide bonds. The largest absolute Gasteiger partial charge is 0.577 e. The first-order valence-electron chi connectivity index (χ1n) is 2.06. The molecule has 0 spiro atoms. The van der Waals surface area contributed by atoms with Crippen LogP contribution in [0.3, 0.4) is 0 Å². The lowest BCUT2D eigenvalue weighted by Gasteiger charge is -2.07. The molecule has 0 aromatic carbocycles. The SMILES string of the molecule is O=C1N=[C-]O[C@H]1CCl. The predicted molar refractivity (Wildman–Crippen MR) is 28.0 cm³/mol. The standard InChI is InChI=1S/C4H3ClNO2/c5-1-3-4(7)6-2-8-3/h3H,1H2/q-1/t3-/m0/s1. The summed E-state index contributed by atoms with van der Waals surface area (Å²) >= 11 is 5.26. The van der Waals surface area contributed by atoms with Gasteiger partial charge in [0, 0.05) is 12.3 Å². The van der Waals surface area contributed by atoms with Gasteiger partial charge in [0.1, 0.15) is 12.0 Å². The molecule has 0 fully saturated rings. The maximum atomic E-state index is 10.4. The van der Waals surface area contributed by atoms with Gasteiger partial charge in [0.15, 0.2) is 0 Å². The van der Waals surface area contributed by atoms with Crippen LogP contribution in [0.4, 0.5) is 0 Å². The third-order valence-electron chi connectivity index (χ3n) is 0.766. The Labute approximate surface area is 51.3 Å². The fourth-order valence-electron chi connectivity index (χ4n) is 0.355. The third-order valence-corrected chi connectivity index (χ3v) is 1.05. The normalized spacial score (nSPS) is 26.1. The molecule has 0 bridgehead atoms. The highest BCUT2D eigenvalue weighted by molar-refractivity contribution is 6.20. The van der Waals surface area contributed by atoms with Gasteiger partial charge < -0.3 is 14.5 Å². The van der Waals surface area contributed by atoms with E-state index in [1.807, 2.05) is 0 Å². The number of amides is 1. The van der Waals surface area contributed by atoms with Crippen molar-refractivity contribution in [3.05, 3.63) is 0 Å². The number of carbonyl (C=O) groups is 1. The molecule has 1 aliphatic heterocycles. The summed E-state index contributed by atoms with van der Waals surface area (Å²) in [7, 11) is 0. The minimum absolute atomic E-state index is 0.148. The van der Waals surface area contributed by atoms with Crippen LogP contribution in [0.5, 0.6) is 0 Å². The number of hydrogen-bond acceptors (Lipinski definition) is 2. The van der Waals surface area contributed by atoms with Crippen molar-refractivity contribution in [2.24, 2.45) is 4.99 Å². The van der Waals surface area contributed by atoms with E-state index in [0.717, 1.165) is 0 Å².